The average Bonchev–Trinajstić information content (AvgIpc) is 2.40. The van der Waals surface area contributed by atoms with Gasteiger partial charge in [0.1, 0.15) is 11.5 Å². The molecule has 21 heavy (non-hydrogen) atoms. The summed E-state index contributed by atoms with van der Waals surface area (Å²) in [6.45, 7) is 7.72. The molecule has 0 saturated carbocycles. The van der Waals surface area contributed by atoms with Crippen LogP contribution in [0.1, 0.15) is 22.3 Å². The first-order chi connectivity index (χ1) is 9.95. The van der Waals surface area contributed by atoms with E-state index < -0.39 is 5.97 Å². The minimum atomic E-state index is -0.397. The van der Waals surface area contributed by atoms with Crippen molar-refractivity contribution in [3.8, 4) is 11.5 Å². The van der Waals surface area contributed by atoms with Gasteiger partial charge >= 0.3 is 5.97 Å². The van der Waals surface area contributed by atoms with Gasteiger partial charge in [-0.25, -0.2) is 4.79 Å². The predicted octanol–water partition coefficient (Wildman–Crippen LogP) is 3.90. The molecule has 2 aromatic rings. The molecular weight excluding hydrogens is 264 g/mol. The molecule has 2 aromatic carbocycles. The van der Waals surface area contributed by atoms with Crippen LogP contribution >= 0.6 is 0 Å². The van der Waals surface area contributed by atoms with Gasteiger partial charge in [0.25, 0.3) is 0 Å². The molecule has 0 N–H and O–H groups in total. The van der Waals surface area contributed by atoms with E-state index in [1.165, 1.54) is 0 Å². The molecule has 0 saturated heterocycles. The first-order valence-electron chi connectivity index (χ1n) is 6.93. The quantitative estimate of drug-likeness (QED) is 0.631. The fourth-order valence-electron chi connectivity index (χ4n) is 2.26. The van der Waals surface area contributed by atoms with Gasteiger partial charge in [-0.1, -0.05) is 24.3 Å². The number of rotatable bonds is 4. The van der Waals surface area contributed by atoms with Crippen LogP contribution in [0.4, 0.5) is 0 Å². The molecule has 0 spiro atoms. The molecule has 0 amide bonds. The Hall–Kier alpha value is -2.29. The summed E-state index contributed by atoms with van der Waals surface area (Å²) < 4.78 is 10.9. The van der Waals surface area contributed by atoms with E-state index in [4.69, 9.17) is 9.47 Å². The smallest absolute Gasteiger partial charge is 0.349 e. The lowest BCUT2D eigenvalue weighted by Gasteiger charge is -2.11. The molecule has 3 nitrogen and oxygen atoms in total. The Morgan fingerprint density at radius 2 is 1.52 bits per heavy atom. The molecule has 0 bridgehead atoms. The molecule has 0 unspecified atom stereocenters. The lowest BCUT2D eigenvalue weighted by Crippen LogP contribution is -2.18. The van der Waals surface area contributed by atoms with Crippen molar-refractivity contribution in [3.63, 3.8) is 0 Å². The van der Waals surface area contributed by atoms with Crippen molar-refractivity contribution in [2.75, 3.05) is 6.61 Å². The standard InChI is InChI=1S/C18H20O3/c1-12-8-13(2)10-16(9-12)20-11-17(19)21-18-14(3)6-5-7-15(18)4/h5-10H,11H2,1-4H3. The van der Waals surface area contributed by atoms with Gasteiger partial charge in [-0.2, -0.15) is 0 Å². The number of ether oxygens (including phenoxy) is 2. The number of carbonyl (C=O) groups excluding carboxylic acids is 1. The Bertz CT molecular complexity index is 619. The maximum atomic E-state index is 11.9. The van der Waals surface area contributed by atoms with Gasteiger partial charge in [0, 0.05) is 0 Å². The average molecular weight is 284 g/mol. The van der Waals surface area contributed by atoms with E-state index in [-0.39, 0.29) is 6.61 Å². The summed E-state index contributed by atoms with van der Waals surface area (Å²) in [6, 6.07) is 11.6. The molecule has 0 heterocycles. The number of esters is 1. The first-order valence-corrected chi connectivity index (χ1v) is 6.93. The van der Waals surface area contributed by atoms with Crippen molar-refractivity contribution < 1.29 is 14.3 Å². The summed E-state index contributed by atoms with van der Waals surface area (Å²) in [5, 5.41) is 0. The highest BCUT2D eigenvalue weighted by atomic mass is 16.6. The normalized spacial score (nSPS) is 10.3. The van der Waals surface area contributed by atoms with Crippen LogP contribution in [0.5, 0.6) is 11.5 Å². The van der Waals surface area contributed by atoms with Crippen molar-refractivity contribution in [2.45, 2.75) is 27.7 Å². The fourth-order valence-corrected chi connectivity index (χ4v) is 2.26. The zero-order chi connectivity index (χ0) is 15.4. The van der Waals surface area contributed by atoms with E-state index in [1.807, 2.05) is 58.0 Å². The van der Waals surface area contributed by atoms with E-state index in [2.05, 4.69) is 6.07 Å². The van der Waals surface area contributed by atoms with E-state index in [0.29, 0.717) is 11.5 Å². The molecule has 2 rings (SSSR count). The number of hydrogen-bond acceptors (Lipinski definition) is 3. The molecule has 0 atom stereocenters. The van der Waals surface area contributed by atoms with E-state index >= 15 is 0 Å². The van der Waals surface area contributed by atoms with Crippen LogP contribution in [0.25, 0.3) is 0 Å². The van der Waals surface area contributed by atoms with Gasteiger partial charge < -0.3 is 9.47 Å². The fraction of sp³-hybridized carbons (Fsp3) is 0.278. The van der Waals surface area contributed by atoms with Crippen LogP contribution < -0.4 is 9.47 Å². The Labute approximate surface area is 125 Å². The molecule has 0 aliphatic heterocycles. The van der Waals surface area contributed by atoms with Crippen LogP contribution in [-0.4, -0.2) is 12.6 Å². The molecule has 0 aliphatic carbocycles. The second-order valence-electron chi connectivity index (χ2n) is 5.31. The van der Waals surface area contributed by atoms with Crippen molar-refractivity contribution in [2.24, 2.45) is 0 Å². The maximum Gasteiger partial charge on any atom is 0.349 e. The van der Waals surface area contributed by atoms with Crippen molar-refractivity contribution in [3.05, 3.63) is 58.7 Å². The van der Waals surface area contributed by atoms with Gasteiger partial charge in [-0.15, -0.1) is 0 Å². The molecule has 0 aliphatic rings. The summed E-state index contributed by atoms with van der Waals surface area (Å²) in [4.78, 5) is 11.9. The summed E-state index contributed by atoms with van der Waals surface area (Å²) in [7, 11) is 0. The van der Waals surface area contributed by atoms with Crippen LogP contribution in [0.3, 0.4) is 0 Å². The highest BCUT2D eigenvalue weighted by Crippen LogP contribution is 2.22. The zero-order valence-corrected chi connectivity index (χ0v) is 12.9. The van der Waals surface area contributed by atoms with Crippen molar-refractivity contribution in [1.29, 1.82) is 0 Å². The van der Waals surface area contributed by atoms with Crippen LogP contribution in [0.2, 0.25) is 0 Å². The second kappa shape index (κ2) is 6.44. The first kappa shape index (κ1) is 15.1. The summed E-state index contributed by atoms with van der Waals surface area (Å²) >= 11 is 0. The minimum absolute atomic E-state index is 0.101. The topological polar surface area (TPSA) is 35.5 Å². The summed E-state index contributed by atoms with van der Waals surface area (Å²) in [5.41, 5.74) is 4.09. The predicted molar refractivity (Wildman–Crippen MR) is 83.0 cm³/mol. The largest absolute Gasteiger partial charge is 0.482 e. The third-order valence-electron chi connectivity index (χ3n) is 3.18. The number of carbonyl (C=O) groups is 1. The molecule has 0 radical (unpaired) electrons. The molecular formula is C18H20O3. The Morgan fingerprint density at radius 3 is 2.10 bits per heavy atom. The highest BCUT2D eigenvalue weighted by molar-refractivity contribution is 5.74. The number of benzene rings is 2. The Balaban J connectivity index is 1.99. The molecule has 0 aromatic heterocycles. The third kappa shape index (κ3) is 4.09. The van der Waals surface area contributed by atoms with E-state index in [0.717, 1.165) is 22.3 Å². The Morgan fingerprint density at radius 1 is 0.952 bits per heavy atom. The highest BCUT2D eigenvalue weighted by Gasteiger charge is 2.10. The summed E-state index contributed by atoms with van der Waals surface area (Å²) in [6.07, 6.45) is 0. The van der Waals surface area contributed by atoms with Gasteiger partial charge in [0.2, 0.25) is 0 Å². The van der Waals surface area contributed by atoms with Crippen LogP contribution in [0, 0.1) is 27.7 Å². The Kier molecular flexibility index (Phi) is 4.63. The zero-order valence-electron chi connectivity index (χ0n) is 12.9. The number of para-hydroxylation sites is 1. The minimum Gasteiger partial charge on any atom is -0.482 e. The van der Waals surface area contributed by atoms with Gasteiger partial charge in [-0.05, 0) is 62.1 Å². The SMILES string of the molecule is Cc1cc(C)cc(OCC(=O)Oc2c(C)cccc2C)c1. The lowest BCUT2D eigenvalue weighted by atomic mass is 10.1. The third-order valence-corrected chi connectivity index (χ3v) is 3.18. The maximum absolute atomic E-state index is 11.9. The number of hydrogen-bond donors (Lipinski definition) is 0. The monoisotopic (exact) mass is 284 g/mol. The van der Waals surface area contributed by atoms with Gasteiger partial charge in [0.05, 0.1) is 0 Å². The van der Waals surface area contributed by atoms with Crippen molar-refractivity contribution in [1.82, 2.24) is 0 Å². The van der Waals surface area contributed by atoms with Crippen molar-refractivity contribution >= 4 is 5.97 Å². The molecule has 0 fully saturated rings. The summed E-state index contributed by atoms with van der Waals surface area (Å²) in [5.74, 6) is 0.907. The molecule has 110 valence electrons. The number of aryl methyl sites for hydroxylation is 4. The van der Waals surface area contributed by atoms with Gasteiger partial charge in [-0.3, -0.25) is 0 Å². The van der Waals surface area contributed by atoms with Gasteiger partial charge in [0.15, 0.2) is 6.61 Å². The van der Waals surface area contributed by atoms with Crippen LogP contribution in [0.15, 0.2) is 36.4 Å². The van der Waals surface area contributed by atoms with E-state index in [9.17, 15) is 4.79 Å². The van der Waals surface area contributed by atoms with Crippen LogP contribution in [-0.2, 0) is 4.79 Å². The molecule has 3 heteroatoms. The second-order valence-corrected chi connectivity index (χ2v) is 5.31. The lowest BCUT2D eigenvalue weighted by molar-refractivity contribution is -0.136. The van der Waals surface area contributed by atoms with E-state index in [1.54, 1.807) is 0 Å².